The molecule has 5 heteroatoms. The van der Waals surface area contributed by atoms with Gasteiger partial charge >= 0.3 is 0 Å². The molecule has 2 aromatic carbocycles. The summed E-state index contributed by atoms with van der Waals surface area (Å²) in [6, 6.07) is 11.7. The molecule has 0 saturated carbocycles. The van der Waals surface area contributed by atoms with Gasteiger partial charge in [-0.2, -0.15) is 0 Å². The van der Waals surface area contributed by atoms with Gasteiger partial charge in [-0.3, -0.25) is 10.1 Å². The van der Waals surface area contributed by atoms with Crippen LogP contribution in [0.4, 0.5) is 5.13 Å². The summed E-state index contributed by atoms with van der Waals surface area (Å²) in [4.78, 5) is 18.0. The summed E-state index contributed by atoms with van der Waals surface area (Å²) < 4.78 is 1.09. The number of anilines is 1. The molecule has 0 atom stereocenters. The Labute approximate surface area is 137 Å². The van der Waals surface area contributed by atoms with Crippen molar-refractivity contribution in [2.45, 2.75) is 18.7 Å². The molecule has 0 aliphatic heterocycles. The summed E-state index contributed by atoms with van der Waals surface area (Å²) >= 11 is 3.16. The molecule has 22 heavy (non-hydrogen) atoms. The van der Waals surface area contributed by atoms with Crippen LogP contribution in [0, 0.1) is 13.8 Å². The lowest BCUT2D eigenvalue weighted by molar-refractivity contribution is 0.102. The van der Waals surface area contributed by atoms with Crippen molar-refractivity contribution in [2.24, 2.45) is 0 Å². The first kappa shape index (κ1) is 15.1. The van der Waals surface area contributed by atoms with Crippen molar-refractivity contribution < 1.29 is 4.79 Å². The highest BCUT2D eigenvalue weighted by Crippen LogP contribution is 2.29. The molecule has 1 amide bonds. The lowest BCUT2D eigenvalue weighted by Gasteiger charge is -2.02. The van der Waals surface area contributed by atoms with Gasteiger partial charge in [0.05, 0.1) is 10.2 Å². The number of thioether (sulfide) groups is 1. The summed E-state index contributed by atoms with van der Waals surface area (Å²) in [5.74, 6) is -0.124. The number of benzene rings is 2. The molecule has 112 valence electrons. The van der Waals surface area contributed by atoms with Gasteiger partial charge < -0.3 is 0 Å². The minimum absolute atomic E-state index is 0.124. The number of rotatable bonds is 3. The van der Waals surface area contributed by atoms with Crippen LogP contribution in [0.1, 0.15) is 21.5 Å². The number of hydrogen-bond acceptors (Lipinski definition) is 4. The van der Waals surface area contributed by atoms with Crippen molar-refractivity contribution in [1.82, 2.24) is 4.98 Å². The van der Waals surface area contributed by atoms with Crippen molar-refractivity contribution in [3.05, 3.63) is 53.1 Å². The minimum Gasteiger partial charge on any atom is -0.298 e. The number of nitrogens with one attached hydrogen (secondary N) is 1. The van der Waals surface area contributed by atoms with Crippen LogP contribution in [-0.2, 0) is 0 Å². The molecule has 0 spiro atoms. The van der Waals surface area contributed by atoms with Crippen LogP contribution in [-0.4, -0.2) is 17.1 Å². The average molecular weight is 328 g/mol. The van der Waals surface area contributed by atoms with Gasteiger partial charge in [0.2, 0.25) is 0 Å². The zero-order chi connectivity index (χ0) is 15.7. The summed E-state index contributed by atoms with van der Waals surface area (Å²) in [6.07, 6.45) is 2.01. The fourth-order valence-corrected chi connectivity index (χ4v) is 3.52. The Kier molecular flexibility index (Phi) is 4.18. The molecule has 0 saturated heterocycles. The second-order valence-electron chi connectivity index (χ2n) is 5.06. The molecule has 3 rings (SSSR count). The fraction of sp³-hybridized carbons (Fsp3) is 0.176. The number of amides is 1. The highest BCUT2D eigenvalue weighted by atomic mass is 32.2. The van der Waals surface area contributed by atoms with Gasteiger partial charge in [-0.25, -0.2) is 4.98 Å². The van der Waals surface area contributed by atoms with Gasteiger partial charge in [0.15, 0.2) is 5.13 Å². The summed E-state index contributed by atoms with van der Waals surface area (Å²) in [5.41, 5.74) is 3.99. The number of thiazole rings is 1. The molecule has 0 aliphatic carbocycles. The standard InChI is InChI=1S/C17H16N2OS2/c1-10-4-9-14-15(11(10)2)18-17(22-14)19-16(20)12-5-7-13(21-3)8-6-12/h4-9H,1-3H3,(H,18,19,20). The predicted octanol–water partition coefficient (Wildman–Crippen LogP) is 4.89. The first-order valence-corrected chi connectivity index (χ1v) is 8.95. The van der Waals surface area contributed by atoms with Crippen molar-refractivity contribution in [3.63, 3.8) is 0 Å². The molecule has 0 bridgehead atoms. The second kappa shape index (κ2) is 6.10. The third-order valence-electron chi connectivity index (χ3n) is 3.66. The van der Waals surface area contributed by atoms with E-state index < -0.39 is 0 Å². The highest BCUT2D eigenvalue weighted by Gasteiger charge is 2.11. The highest BCUT2D eigenvalue weighted by molar-refractivity contribution is 7.98. The van der Waals surface area contributed by atoms with Crippen molar-refractivity contribution >= 4 is 44.4 Å². The van der Waals surface area contributed by atoms with E-state index >= 15 is 0 Å². The van der Waals surface area contributed by atoms with Crippen LogP contribution in [0.25, 0.3) is 10.2 Å². The van der Waals surface area contributed by atoms with Crippen LogP contribution in [0.15, 0.2) is 41.3 Å². The number of aryl methyl sites for hydroxylation is 2. The molecule has 3 nitrogen and oxygen atoms in total. The molecule has 0 aliphatic rings. The molecular weight excluding hydrogens is 312 g/mol. The van der Waals surface area contributed by atoms with E-state index in [1.807, 2.05) is 30.5 Å². The third-order valence-corrected chi connectivity index (χ3v) is 5.34. The molecule has 1 aromatic heterocycles. The normalized spacial score (nSPS) is 10.9. The summed E-state index contributed by atoms with van der Waals surface area (Å²) in [7, 11) is 0. The SMILES string of the molecule is CSc1ccc(C(=O)Nc2nc3c(C)c(C)ccc3s2)cc1. The Morgan fingerprint density at radius 2 is 1.86 bits per heavy atom. The Hall–Kier alpha value is -1.85. The van der Waals surface area contributed by atoms with Crippen LogP contribution >= 0.6 is 23.1 Å². The Morgan fingerprint density at radius 3 is 2.55 bits per heavy atom. The first-order chi connectivity index (χ1) is 10.6. The van der Waals surface area contributed by atoms with Gasteiger partial charge in [-0.15, -0.1) is 11.8 Å². The monoisotopic (exact) mass is 328 g/mol. The number of carbonyl (C=O) groups excluding carboxylic acids is 1. The minimum atomic E-state index is -0.124. The van der Waals surface area contributed by atoms with Crippen LogP contribution < -0.4 is 5.32 Å². The Balaban J connectivity index is 1.85. The molecule has 1 heterocycles. The van der Waals surface area contributed by atoms with Gasteiger partial charge in [0.25, 0.3) is 5.91 Å². The van der Waals surface area contributed by atoms with Crippen LogP contribution in [0.2, 0.25) is 0 Å². The molecule has 0 fully saturated rings. The Morgan fingerprint density at radius 1 is 1.14 bits per heavy atom. The predicted molar refractivity (Wildman–Crippen MR) is 95.3 cm³/mol. The van der Waals surface area contributed by atoms with Crippen molar-refractivity contribution in [3.8, 4) is 0 Å². The van der Waals surface area contributed by atoms with E-state index in [4.69, 9.17) is 0 Å². The largest absolute Gasteiger partial charge is 0.298 e. The van der Waals surface area contributed by atoms with Gasteiger partial charge in [-0.05, 0) is 61.6 Å². The van der Waals surface area contributed by atoms with Crippen molar-refractivity contribution in [2.75, 3.05) is 11.6 Å². The van der Waals surface area contributed by atoms with E-state index in [1.54, 1.807) is 11.8 Å². The number of nitrogens with zero attached hydrogens (tertiary/aromatic N) is 1. The zero-order valence-electron chi connectivity index (χ0n) is 12.6. The van der Waals surface area contributed by atoms with Crippen LogP contribution in [0.5, 0.6) is 0 Å². The number of hydrogen-bond donors (Lipinski definition) is 1. The maximum atomic E-state index is 12.3. The summed E-state index contributed by atoms with van der Waals surface area (Å²) in [5, 5.41) is 3.53. The van der Waals surface area contributed by atoms with E-state index in [2.05, 4.69) is 36.3 Å². The second-order valence-corrected chi connectivity index (χ2v) is 6.97. The lowest BCUT2D eigenvalue weighted by atomic mass is 10.1. The quantitative estimate of drug-likeness (QED) is 0.696. The van der Waals surface area contributed by atoms with E-state index in [1.165, 1.54) is 22.5 Å². The zero-order valence-corrected chi connectivity index (χ0v) is 14.3. The molecule has 0 unspecified atom stereocenters. The summed E-state index contributed by atoms with van der Waals surface area (Å²) in [6.45, 7) is 4.13. The maximum Gasteiger partial charge on any atom is 0.257 e. The average Bonchev–Trinajstić information content (AvgIpc) is 2.94. The first-order valence-electron chi connectivity index (χ1n) is 6.90. The maximum absolute atomic E-state index is 12.3. The number of aromatic nitrogens is 1. The Bertz CT molecular complexity index is 838. The molecule has 3 aromatic rings. The number of fused-ring (bicyclic) bond motifs is 1. The van der Waals surface area contributed by atoms with E-state index in [0.717, 1.165) is 15.1 Å². The van der Waals surface area contributed by atoms with Gasteiger partial charge in [0.1, 0.15) is 0 Å². The molecular formula is C17H16N2OS2. The van der Waals surface area contributed by atoms with Gasteiger partial charge in [0, 0.05) is 10.5 Å². The van der Waals surface area contributed by atoms with E-state index in [9.17, 15) is 4.79 Å². The smallest absolute Gasteiger partial charge is 0.257 e. The van der Waals surface area contributed by atoms with E-state index in [-0.39, 0.29) is 5.91 Å². The third kappa shape index (κ3) is 2.87. The fourth-order valence-electron chi connectivity index (χ4n) is 2.19. The van der Waals surface area contributed by atoms with Gasteiger partial charge in [-0.1, -0.05) is 17.4 Å². The lowest BCUT2D eigenvalue weighted by Crippen LogP contribution is -2.11. The van der Waals surface area contributed by atoms with Crippen LogP contribution in [0.3, 0.4) is 0 Å². The molecule has 1 N–H and O–H groups in total. The van der Waals surface area contributed by atoms with E-state index in [0.29, 0.717) is 10.7 Å². The number of carbonyl (C=O) groups is 1. The molecule has 0 radical (unpaired) electrons. The topological polar surface area (TPSA) is 42.0 Å². The van der Waals surface area contributed by atoms with Crippen molar-refractivity contribution in [1.29, 1.82) is 0 Å².